The average molecular weight is 398 g/mol. The van der Waals surface area contributed by atoms with Crippen molar-refractivity contribution < 1.29 is 9.90 Å². The van der Waals surface area contributed by atoms with Crippen LogP contribution in [0.4, 0.5) is 0 Å². The van der Waals surface area contributed by atoms with Gasteiger partial charge in [-0.25, -0.2) is 4.98 Å². The molecule has 144 valence electrons. The SMILES string of the molecule is O=C(C[C@H](c1ccccc1)c1ccc(Cl)cc1)NCCc1nc(O)cc(=O)[nH]1. The maximum absolute atomic E-state index is 12.5. The van der Waals surface area contributed by atoms with Gasteiger partial charge in [-0.1, -0.05) is 54.1 Å². The van der Waals surface area contributed by atoms with E-state index >= 15 is 0 Å². The monoisotopic (exact) mass is 397 g/mol. The minimum atomic E-state index is -0.430. The third-order valence-corrected chi connectivity index (χ3v) is 4.58. The molecule has 0 aliphatic rings. The molecule has 7 heteroatoms. The van der Waals surface area contributed by atoms with Crippen LogP contribution < -0.4 is 10.9 Å². The molecular formula is C21H20ClN3O3. The Bertz CT molecular complexity index is 988. The van der Waals surface area contributed by atoms with Crippen molar-refractivity contribution >= 4 is 17.5 Å². The van der Waals surface area contributed by atoms with Gasteiger partial charge in [-0.2, -0.15) is 0 Å². The van der Waals surface area contributed by atoms with Gasteiger partial charge in [0.2, 0.25) is 11.8 Å². The van der Waals surface area contributed by atoms with E-state index in [1.54, 1.807) is 0 Å². The third-order valence-electron chi connectivity index (χ3n) is 4.32. The molecule has 1 atom stereocenters. The molecule has 0 aliphatic carbocycles. The van der Waals surface area contributed by atoms with Gasteiger partial charge in [0.1, 0.15) is 5.82 Å². The molecule has 0 radical (unpaired) electrons. The van der Waals surface area contributed by atoms with Gasteiger partial charge < -0.3 is 15.4 Å². The van der Waals surface area contributed by atoms with E-state index in [9.17, 15) is 14.7 Å². The molecule has 0 saturated carbocycles. The summed E-state index contributed by atoms with van der Waals surface area (Å²) in [5.41, 5.74) is 1.62. The number of halogens is 1. The molecular weight excluding hydrogens is 378 g/mol. The first-order chi connectivity index (χ1) is 13.5. The quantitative estimate of drug-likeness (QED) is 0.571. The van der Waals surface area contributed by atoms with Crippen molar-refractivity contribution in [3.63, 3.8) is 0 Å². The molecule has 3 aromatic rings. The summed E-state index contributed by atoms with van der Waals surface area (Å²) in [5, 5.41) is 12.9. The topological polar surface area (TPSA) is 95.1 Å². The van der Waals surface area contributed by atoms with E-state index in [1.807, 2.05) is 54.6 Å². The van der Waals surface area contributed by atoms with E-state index in [4.69, 9.17) is 11.6 Å². The van der Waals surface area contributed by atoms with Gasteiger partial charge in [0.05, 0.1) is 6.07 Å². The molecule has 0 aliphatic heterocycles. The molecule has 0 fully saturated rings. The van der Waals surface area contributed by atoms with Crippen LogP contribution in [0.15, 0.2) is 65.5 Å². The molecule has 6 nitrogen and oxygen atoms in total. The Labute approximate surface area is 167 Å². The summed E-state index contributed by atoms with van der Waals surface area (Å²) in [5.74, 6) is -0.233. The van der Waals surface area contributed by atoms with Gasteiger partial charge in [0.25, 0.3) is 5.56 Å². The molecule has 3 N–H and O–H groups in total. The number of carbonyl (C=O) groups excluding carboxylic acids is 1. The zero-order valence-electron chi connectivity index (χ0n) is 15.1. The average Bonchev–Trinajstić information content (AvgIpc) is 2.67. The number of benzene rings is 2. The largest absolute Gasteiger partial charge is 0.493 e. The number of nitrogens with one attached hydrogen (secondary N) is 2. The van der Waals surface area contributed by atoms with E-state index < -0.39 is 5.56 Å². The number of nitrogens with zero attached hydrogens (tertiary/aromatic N) is 1. The van der Waals surface area contributed by atoms with Crippen LogP contribution in [0.1, 0.15) is 29.3 Å². The standard InChI is InChI=1S/C21H20ClN3O3/c22-16-8-6-15(7-9-16)17(14-4-2-1-3-5-14)12-19(26)23-11-10-18-24-20(27)13-21(28)25-18/h1-9,13,17H,10-12H2,(H,23,26)(H2,24,25,27,28)/t17-/m1/s1. The number of hydrogen-bond acceptors (Lipinski definition) is 4. The first-order valence-corrected chi connectivity index (χ1v) is 9.25. The van der Waals surface area contributed by atoms with Crippen LogP contribution in [0.3, 0.4) is 0 Å². The van der Waals surface area contributed by atoms with Gasteiger partial charge in [0, 0.05) is 30.3 Å². The highest BCUT2D eigenvalue weighted by atomic mass is 35.5. The summed E-state index contributed by atoms with van der Waals surface area (Å²) in [4.78, 5) is 30.2. The summed E-state index contributed by atoms with van der Waals surface area (Å²) < 4.78 is 0. The molecule has 3 rings (SSSR count). The van der Waals surface area contributed by atoms with Crippen LogP contribution in [0.25, 0.3) is 0 Å². The first kappa shape index (κ1) is 19.6. The number of amides is 1. The second-order valence-electron chi connectivity index (χ2n) is 6.37. The van der Waals surface area contributed by atoms with Crippen LogP contribution in [0.5, 0.6) is 5.88 Å². The van der Waals surface area contributed by atoms with E-state index in [-0.39, 0.29) is 24.1 Å². The van der Waals surface area contributed by atoms with E-state index in [2.05, 4.69) is 15.3 Å². The number of aromatic nitrogens is 2. The zero-order chi connectivity index (χ0) is 19.9. The summed E-state index contributed by atoms with van der Waals surface area (Å²) in [6.07, 6.45) is 0.585. The third kappa shape index (κ3) is 5.44. The number of carbonyl (C=O) groups is 1. The van der Waals surface area contributed by atoms with Crippen molar-refractivity contribution in [2.75, 3.05) is 6.54 Å². The Hall–Kier alpha value is -3.12. The highest BCUT2D eigenvalue weighted by molar-refractivity contribution is 6.30. The second-order valence-corrected chi connectivity index (χ2v) is 6.81. The van der Waals surface area contributed by atoms with Crippen LogP contribution >= 0.6 is 11.6 Å². The Morgan fingerprint density at radius 1 is 1.11 bits per heavy atom. The Kier molecular flexibility index (Phi) is 6.45. The van der Waals surface area contributed by atoms with Crippen molar-refractivity contribution in [3.05, 3.63) is 93.0 Å². The molecule has 0 unspecified atom stereocenters. The van der Waals surface area contributed by atoms with Crippen molar-refractivity contribution in [2.24, 2.45) is 0 Å². The minimum Gasteiger partial charge on any atom is -0.493 e. The highest BCUT2D eigenvalue weighted by Crippen LogP contribution is 2.28. The van der Waals surface area contributed by atoms with Crippen LogP contribution in [0.2, 0.25) is 5.02 Å². The van der Waals surface area contributed by atoms with Gasteiger partial charge in [-0.3, -0.25) is 9.59 Å². The number of aromatic amines is 1. The van der Waals surface area contributed by atoms with Crippen molar-refractivity contribution in [2.45, 2.75) is 18.8 Å². The summed E-state index contributed by atoms with van der Waals surface area (Å²) in [6, 6.07) is 18.3. The molecule has 1 amide bonds. The van der Waals surface area contributed by atoms with Gasteiger partial charge in [0.15, 0.2) is 0 Å². The van der Waals surface area contributed by atoms with Gasteiger partial charge in [-0.05, 0) is 23.3 Å². The maximum Gasteiger partial charge on any atom is 0.254 e. The predicted molar refractivity (Wildman–Crippen MR) is 108 cm³/mol. The lowest BCUT2D eigenvalue weighted by atomic mass is 9.88. The van der Waals surface area contributed by atoms with Crippen LogP contribution in [-0.2, 0) is 11.2 Å². The van der Waals surface area contributed by atoms with Crippen molar-refractivity contribution in [1.29, 1.82) is 0 Å². The van der Waals surface area contributed by atoms with Crippen molar-refractivity contribution in [1.82, 2.24) is 15.3 Å². The first-order valence-electron chi connectivity index (χ1n) is 8.87. The molecule has 0 spiro atoms. The van der Waals surface area contributed by atoms with Gasteiger partial charge >= 0.3 is 0 Å². The second kappa shape index (κ2) is 9.19. The van der Waals surface area contributed by atoms with Gasteiger partial charge in [-0.15, -0.1) is 0 Å². The molecule has 0 bridgehead atoms. The van der Waals surface area contributed by atoms with E-state index in [1.165, 1.54) is 0 Å². The number of rotatable bonds is 7. The van der Waals surface area contributed by atoms with Crippen LogP contribution in [-0.4, -0.2) is 27.5 Å². The number of aromatic hydroxyl groups is 1. The van der Waals surface area contributed by atoms with Crippen LogP contribution in [0, 0.1) is 0 Å². The summed E-state index contributed by atoms with van der Waals surface area (Å²) >= 11 is 5.99. The predicted octanol–water partition coefficient (Wildman–Crippen LogP) is 3.01. The van der Waals surface area contributed by atoms with Crippen molar-refractivity contribution in [3.8, 4) is 5.88 Å². The maximum atomic E-state index is 12.5. The lowest BCUT2D eigenvalue weighted by Crippen LogP contribution is -2.28. The normalized spacial score (nSPS) is 11.8. The fourth-order valence-corrected chi connectivity index (χ4v) is 3.12. The highest BCUT2D eigenvalue weighted by Gasteiger charge is 2.18. The zero-order valence-corrected chi connectivity index (χ0v) is 15.8. The fourth-order valence-electron chi connectivity index (χ4n) is 3.00. The number of H-pyrrole nitrogens is 1. The number of hydrogen-bond donors (Lipinski definition) is 3. The molecule has 28 heavy (non-hydrogen) atoms. The summed E-state index contributed by atoms with van der Waals surface area (Å²) in [7, 11) is 0. The molecule has 1 aromatic heterocycles. The molecule has 1 heterocycles. The molecule has 0 saturated heterocycles. The van der Waals surface area contributed by atoms with E-state index in [0.717, 1.165) is 17.2 Å². The fraction of sp³-hybridized carbons (Fsp3) is 0.190. The Morgan fingerprint density at radius 2 is 1.79 bits per heavy atom. The summed E-state index contributed by atoms with van der Waals surface area (Å²) in [6.45, 7) is 0.299. The smallest absolute Gasteiger partial charge is 0.254 e. The molecule has 2 aromatic carbocycles. The lowest BCUT2D eigenvalue weighted by molar-refractivity contribution is -0.121. The van der Waals surface area contributed by atoms with E-state index in [0.29, 0.717) is 23.8 Å². The minimum absolute atomic E-state index is 0.0998. The Balaban J connectivity index is 1.66. The lowest BCUT2D eigenvalue weighted by Gasteiger charge is -2.18. The Morgan fingerprint density at radius 3 is 2.46 bits per heavy atom.